The fourth-order valence-electron chi connectivity index (χ4n) is 1.60. The van der Waals surface area contributed by atoms with Crippen LogP contribution in [0.3, 0.4) is 0 Å². The summed E-state index contributed by atoms with van der Waals surface area (Å²) < 4.78 is 38.5. The van der Waals surface area contributed by atoms with E-state index in [-0.39, 0.29) is 17.8 Å². The Hall–Kier alpha value is -1.95. The van der Waals surface area contributed by atoms with Gasteiger partial charge in [-0.25, -0.2) is 9.97 Å². The molecule has 0 bridgehead atoms. The first-order valence-electron chi connectivity index (χ1n) is 5.21. The van der Waals surface area contributed by atoms with Gasteiger partial charge in [-0.15, -0.1) is 0 Å². The highest BCUT2D eigenvalue weighted by atomic mass is 19.4. The number of halogens is 3. The van der Waals surface area contributed by atoms with E-state index in [4.69, 9.17) is 5.73 Å². The van der Waals surface area contributed by atoms with Gasteiger partial charge in [-0.3, -0.25) is 0 Å². The van der Waals surface area contributed by atoms with E-state index in [1.165, 1.54) is 30.5 Å². The third-order valence-electron chi connectivity index (χ3n) is 2.40. The zero-order chi connectivity index (χ0) is 13.2. The van der Waals surface area contributed by atoms with Crippen LogP contribution in [0.5, 0.6) is 0 Å². The summed E-state index contributed by atoms with van der Waals surface area (Å²) in [5.74, 6) is 0.310. The van der Waals surface area contributed by atoms with Crippen LogP contribution in [0.1, 0.15) is 11.4 Å². The number of aromatic nitrogens is 2. The highest BCUT2D eigenvalue weighted by Crippen LogP contribution is 2.36. The zero-order valence-electron chi connectivity index (χ0n) is 9.28. The van der Waals surface area contributed by atoms with Crippen LogP contribution in [0.25, 0.3) is 11.3 Å². The Morgan fingerprint density at radius 2 is 1.83 bits per heavy atom. The van der Waals surface area contributed by atoms with E-state index in [2.05, 4.69) is 9.97 Å². The number of alkyl halides is 3. The highest BCUT2D eigenvalue weighted by molar-refractivity contribution is 5.64. The molecule has 2 rings (SSSR count). The van der Waals surface area contributed by atoms with Gasteiger partial charge in [-0.2, -0.15) is 13.2 Å². The quantitative estimate of drug-likeness (QED) is 0.895. The molecule has 1 aromatic carbocycles. The molecule has 0 unspecified atom stereocenters. The molecule has 1 heterocycles. The second-order valence-corrected chi connectivity index (χ2v) is 3.61. The molecular formula is C12H10F3N3. The molecule has 94 valence electrons. The summed E-state index contributed by atoms with van der Waals surface area (Å²) >= 11 is 0. The number of benzene rings is 1. The average molecular weight is 253 g/mol. The van der Waals surface area contributed by atoms with Crippen molar-refractivity contribution in [3.63, 3.8) is 0 Å². The van der Waals surface area contributed by atoms with Gasteiger partial charge in [0.05, 0.1) is 17.8 Å². The molecule has 0 radical (unpaired) electrons. The van der Waals surface area contributed by atoms with E-state index in [1.54, 1.807) is 0 Å². The van der Waals surface area contributed by atoms with Gasteiger partial charge in [-0.1, -0.05) is 18.2 Å². The smallest absolute Gasteiger partial charge is 0.324 e. The van der Waals surface area contributed by atoms with E-state index < -0.39 is 11.7 Å². The Morgan fingerprint density at radius 1 is 1.11 bits per heavy atom. The minimum Gasteiger partial charge on any atom is -0.324 e. The van der Waals surface area contributed by atoms with E-state index >= 15 is 0 Å². The molecule has 6 heteroatoms. The number of hydrogen-bond donors (Lipinski definition) is 1. The van der Waals surface area contributed by atoms with E-state index in [9.17, 15) is 13.2 Å². The van der Waals surface area contributed by atoms with Gasteiger partial charge < -0.3 is 5.73 Å². The molecule has 0 amide bonds. The van der Waals surface area contributed by atoms with Crippen molar-refractivity contribution in [2.24, 2.45) is 5.73 Å². The molecule has 1 aromatic heterocycles. The fourth-order valence-corrected chi connectivity index (χ4v) is 1.60. The van der Waals surface area contributed by atoms with Crippen LogP contribution in [0.2, 0.25) is 0 Å². The van der Waals surface area contributed by atoms with Gasteiger partial charge in [-0.05, 0) is 12.1 Å². The third kappa shape index (κ3) is 2.48. The van der Waals surface area contributed by atoms with E-state index in [0.29, 0.717) is 5.82 Å². The van der Waals surface area contributed by atoms with Crippen molar-refractivity contribution >= 4 is 0 Å². The lowest BCUT2D eigenvalue weighted by atomic mass is 10.0. The maximum absolute atomic E-state index is 12.8. The van der Waals surface area contributed by atoms with Gasteiger partial charge in [0.1, 0.15) is 5.82 Å². The van der Waals surface area contributed by atoms with Crippen molar-refractivity contribution < 1.29 is 13.2 Å². The maximum Gasteiger partial charge on any atom is 0.417 e. The first-order valence-corrected chi connectivity index (χ1v) is 5.21. The summed E-state index contributed by atoms with van der Waals surface area (Å²) in [4.78, 5) is 7.86. The molecule has 0 atom stereocenters. The summed E-state index contributed by atoms with van der Waals surface area (Å²) in [6.45, 7) is 0.0853. The molecule has 0 saturated heterocycles. The van der Waals surface area contributed by atoms with Crippen LogP contribution in [0, 0.1) is 0 Å². The second-order valence-electron chi connectivity index (χ2n) is 3.61. The molecule has 2 aromatic rings. The van der Waals surface area contributed by atoms with Crippen molar-refractivity contribution in [1.29, 1.82) is 0 Å². The molecule has 0 spiro atoms. The SMILES string of the molecule is NCc1nccc(-c2ccccc2C(F)(F)F)n1. The number of rotatable bonds is 2. The first kappa shape index (κ1) is 12.5. The third-order valence-corrected chi connectivity index (χ3v) is 2.40. The predicted octanol–water partition coefficient (Wildman–Crippen LogP) is 2.62. The van der Waals surface area contributed by atoms with Crippen molar-refractivity contribution in [2.45, 2.75) is 12.7 Å². The lowest BCUT2D eigenvalue weighted by molar-refractivity contribution is -0.137. The number of hydrogen-bond acceptors (Lipinski definition) is 3. The monoisotopic (exact) mass is 253 g/mol. The first-order chi connectivity index (χ1) is 8.52. The molecule has 3 nitrogen and oxygen atoms in total. The van der Waals surface area contributed by atoms with Crippen LogP contribution >= 0.6 is 0 Å². The van der Waals surface area contributed by atoms with Crippen LogP contribution < -0.4 is 5.73 Å². The maximum atomic E-state index is 12.8. The fraction of sp³-hybridized carbons (Fsp3) is 0.167. The summed E-state index contributed by atoms with van der Waals surface area (Å²) in [7, 11) is 0. The minimum absolute atomic E-state index is 0.0297. The van der Waals surface area contributed by atoms with E-state index in [1.807, 2.05) is 0 Å². The van der Waals surface area contributed by atoms with Gasteiger partial charge in [0, 0.05) is 11.8 Å². The van der Waals surface area contributed by atoms with Crippen LogP contribution in [-0.2, 0) is 12.7 Å². The molecule has 0 fully saturated rings. The van der Waals surface area contributed by atoms with Gasteiger partial charge in [0.2, 0.25) is 0 Å². The van der Waals surface area contributed by atoms with E-state index in [0.717, 1.165) is 6.07 Å². The predicted molar refractivity (Wildman–Crippen MR) is 60.4 cm³/mol. The largest absolute Gasteiger partial charge is 0.417 e. The lowest BCUT2D eigenvalue weighted by Gasteiger charge is -2.12. The zero-order valence-corrected chi connectivity index (χ0v) is 9.28. The van der Waals surface area contributed by atoms with Gasteiger partial charge >= 0.3 is 6.18 Å². The Labute approximate surface area is 101 Å². The topological polar surface area (TPSA) is 51.8 Å². The highest BCUT2D eigenvalue weighted by Gasteiger charge is 2.33. The molecule has 0 aliphatic rings. The van der Waals surface area contributed by atoms with Crippen molar-refractivity contribution in [3.05, 3.63) is 47.9 Å². The molecule has 0 saturated carbocycles. The normalized spacial score (nSPS) is 11.6. The van der Waals surface area contributed by atoms with Crippen LogP contribution in [0.15, 0.2) is 36.5 Å². The molecule has 18 heavy (non-hydrogen) atoms. The Morgan fingerprint density at radius 3 is 2.50 bits per heavy atom. The van der Waals surface area contributed by atoms with Crippen molar-refractivity contribution in [2.75, 3.05) is 0 Å². The summed E-state index contributed by atoms with van der Waals surface area (Å²) in [5, 5.41) is 0. The minimum atomic E-state index is -4.41. The van der Waals surface area contributed by atoms with Crippen LogP contribution in [-0.4, -0.2) is 9.97 Å². The standard InChI is InChI=1S/C12H10F3N3/c13-12(14,15)9-4-2-1-3-8(9)10-5-6-17-11(7-16)18-10/h1-6H,7,16H2. The number of nitrogens with zero attached hydrogens (tertiary/aromatic N) is 2. The second kappa shape index (κ2) is 4.73. The average Bonchev–Trinajstić information content (AvgIpc) is 2.38. The molecule has 0 aliphatic carbocycles. The Bertz CT molecular complexity index is 552. The Kier molecular flexibility index (Phi) is 3.29. The molecular weight excluding hydrogens is 243 g/mol. The Balaban J connectivity index is 2.57. The number of nitrogens with two attached hydrogens (primary N) is 1. The molecule has 0 aliphatic heterocycles. The van der Waals surface area contributed by atoms with Gasteiger partial charge in [0.25, 0.3) is 0 Å². The van der Waals surface area contributed by atoms with Gasteiger partial charge in [0.15, 0.2) is 0 Å². The van der Waals surface area contributed by atoms with Crippen molar-refractivity contribution in [1.82, 2.24) is 9.97 Å². The summed E-state index contributed by atoms with van der Waals surface area (Å²) in [6, 6.07) is 6.72. The molecule has 2 N–H and O–H groups in total. The summed E-state index contributed by atoms with van der Waals surface area (Å²) in [6.07, 6.45) is -3.01. The van der Waals surface area contributed by atoms with Crippen LogP contribution in [0.4, 0.5) is 13.2 Å². The lowest BCUT2D eigenvalue weighted by Crippen LogP contribution is -2.08. The summed E-state index contributed by atoms with van der Waals surface area (Å²) in [5.41, 5.74) is 4.91. The van der Waals surface area contributed by atoms with Crippen molar-refractivity contribution in [3.8, 4) is 11.3 Å².